The second-order valence-electron chi connectivity index (χ2n) is 30.8. The number of hydrogen-bond donors (Lipinski definition) is 0. The van der Waals surface area contributed by atoms with E-state index in [2.05, 4.69) is 178 Å². The highest BCUT2D eigenvalue weighted by Gasteiger charge is 2.50. The maximum absolute atomic E-state index is 16.4. The van der Waals surface area contributed by atoms with Gasteiger partial charge in [0.05, 0.1) is 52.4 Å². The number of thiazole rings is 2. The molecule has 4 atom stereocenters. The van der Waals surface area contributed by atoms with Gasteiger partial charge in [0.15, 0.2) is 0 Å². The molecule has 0 spiro atoms. The van der Waals surface area contributed by atoms with E-state index < -0.39 is 0 Å². The molecule has 0 fully saturated rings. The fourth-order valence-electron chi connectivity index (χ4n) is 15.2. The monoisotopic (exact) mass is 1360 g/mol. The van der Waals surface area contributed by atoms with Crippen molar-refractivity contribution >= 4 is 90.4 Å². The fraction of sp³-hybridized carbons (Fsp3) is 0.619. The highest BCUT2D eigenvalue weighted by atomic mass is 32.1. The van der Waals surface area contributed by atoms with Crippen molar-refractivity contribution in [2.24, 2.45) is 23.7 Å². The van der Waals surface area contributed by atoms with Crippen LogP contribution in [0.4, 0.5) is 0 Å². The number of carbonyl (C=O) groups is 2. The Morgan fingerprint density at radius 1 is 0.442 bits per heavy atom. The van der Waals surface area contributed by atoms with Gasteiger partial charge in [-0.25, -0.2) is 9.97 Å². The van der Waals surface area contributed by atoms with Crippen LogP contribution in [0.3, 0.4) is 0 Å². The van der Waals surface area contributed by atoms with E-state index in [4.69, 9.17) is 9.97 Å². The molecule has 0 N–H and O–H groups in total. The Bertz CT molecular complexity index is 3630. The lowest BCUT2D eigenvalue weighted by molar-refractivity contribution is -0.124. The van der Waals surface area contributed by atoms with Crippen LogP contribution in [-0.4, -0.2) is 49.2 Å². The summed E-state index contributed by atoms with van der Waals surface area (Å²) in [5.74, 6) is 1.77. The number of aromatic nitrogens is 3. The van der Waals surface area contributed by atoms with Crippen molar-refractivity contribution in [2.75, 3.05) is 13.1 Å². The summed E-state index contributed by atoms with van der Waals surface area (Å²) in [4.78, 5) is 53.7. The van der Waals surface area contributed by atoms with Crippen molar-refractivity contribution in [1.29, 1.82) is 0 Å². The SMILES string of the molecule is CCCCCCCCC(CCCCCC)CN1C(=O)C2=C(c3ccc(-c4ncc(-c5ccc6c7ccc(C(C)(C)C)cc7n(C(CCCCCC)CCCCCC)c6c5)s4)s3)N(CC(CCCCC)CC(CC)C(C)CC)C(=O)C2=C1c1ccc(-c2ncc(C(C)(C)C)s2)s1. The predicted octanol–water partition coefficient (Wildman–Crippen LogP) is 26.7. The number of thiophene rings is 2. The normalized spacial score (nSPS) is 15.4. The summed E-state index contributed by atoms with van der Waals surface area (Å²) >= 11 is 6.93. The van der Waals surface area contributed by atoms with Crippen LogP contribution in [0.25, 0.3) is 63.4 Å². The van der Waals surface area contributed by atoms with E-state index in [1.165, 1.54) is 166 Å². The first kappa shape index (κ1) is 74.5. The van der Waals surface area contributed by atoms with Crippen LogP contribution in [-0.2, 0) is 20.4 Å². The molecule has 518 valence electrons. The number of fused-ring (bicyclic) bond motifs is 4. The highest BCUT2D eigenvalue weighted by molar-refractivity contribution is 7.24. The van der Waals surface area contributed by atoms with Crippen LogP contribution in [0.2, 0.25) is 0 Å². The summed E-state index contributed by atoms with van der Waals surface area (Å²) in [7, 11) is 0. The minimum Gasteiger partial charge on any atom is -0.337 e. The van der Waals surface area contributed by atoms with Crippen LogP contribution < -0.4 is 0 Å². The van der Waals surface area contributed by atoms with E-state index >= 15 is 9.59 Å². The molecule has 9 rings (SSSR count). The second kappa shape index (κ2) is 35.4. The first-order valence-electron chi connectivity index (χ1n) is 38.2. The summed E-state index contributed by atoms with van der Waals surface area (Å²) in [5.41, 5.74) is 8.15. The van der Waals surface area contributed by atoms with Gasteiger partial charge in [-0.2, -0.15) is 0 Å². The van der Waals surface area contributed by atoms with Crippen LogP contribution in [0.5, 0.6) is 0 Å². The molecule has 0 saturated heterocycles. The summed E-state index contributed by atoms with van der Waals surface area (Å²) in [6.45, 7) is 33.6. The van der Waals surface area contributed by atoms with E-state index in [1.807, 2.05) is 6.20 Å². The quantitative estimate of drug-likeness (QED) is 0.0358. The molecule has 2 aromatic carbocycles. The zero-order chi connectivity index (χ0) is 67.8. The van der Waals surface area contributed by atoms with Crippen molar-refractivity contribution in [3.63, 3.8) is 0 Å². The van der Waals surface area contributed by atoms with Gasteiger partial charge in [0, 0.05) is 52.7 Å². The number of carbonyl (C=O) groups excluding carboxylic acids is 2. The Labute approximate surface area is 591 Å². The van der Waals surface area contributed by atoms with Gasteiger partial charge in [0.2, 0.25) is 0 Å². The van der Waals surface area contributed by atoms with Crippen molar-refractivity contribution in [2.45, 2.75) is 300 Å². The summed E-state index contributed by atoms with van der Waals surface area (Å²) < 4.78 is 2.77. The Morgan fingerprint density at radius 3 is 1.42 bits per heavy atom. The Hall–Kier alpha value is -4.68. The topological polar surface area (TPSA) is 71.3 Å². The molecule has 0 saturated carbocycles. The van der Waals surface area contributed by atoms with Gasteiger partial charge in [-0.1, -0.05) is 269 Å². The fourth-order valence-corrected chi connectivity index (χ4v) is 19.3. The average Bonchev–Trinajstić information content (AvgIpc) is 1.56. The van der Waals surface area contributed by atoms with Crippen LogP contribution in [0.1, 0.15) is 309 Å². The van der Waals surface area contributed by atoms with Gasteiger partial charge in [-0.3, -0.25) is 9.59 Å². The maximum Gasteiger partial charge on any atom is 0.261 e. The first-order chi connectivity index (χ1) is 45.9. The van der Waals surface area contributed by atoms with Crippen molar-refractivity contribution in [3.05, 3.63) is 104 Å². The Kier molecular flexibility index (Phi) is 27.8. The molecule has 0 aliphatic carbocycles. The minimum absolute atomic E-state index is 0.00628. The summed E-state index contributed by atoms with van der Waals surface area (Å²) in [5, 5.41) is 4.64. The van der Waals surface area contributed by atoms with Gasteiger partial charge in [-0.05, 0) is 121 Å². The number of nitrogens with zero attached hydrogens (tertiary/aromatic N) is 5. The molecule has 0 radical (unpaired) electrons. The molecule has 5 aromatic heterocycles. The zero-order valence-corrected chi connectivity index (χ0v) is 64.7. The average molecular weight is 1360 g/mol. The van der Waals surface area contributed by atoms with Crippen LogP contribution in [0.15, 0.2) is 84.2 Å². The Balaban J connectivity index is 1.16. The van der Waals surface area contributed by atoms with Crippen molar-refractivity contribution < 1.29 is 9.59 Å². The molecule has 4 unspecified atom stereocenters. The van der Waals surface area contributed by atoms with Gasteiger partial charge in [0.1, 0.15) is 10.0 Å². The molecule has 7 heterocycles. The van der Waals surface area contributed by atoms with Gasteiger partial charge in [-0.15, -0.1) is 45.3 Å². The molecule has 11 heteroatoms. The number of amides is 2. The zero-order valence-electron chi connectivity index (χ0n) is 61.4. The van der Waals surface area contributed by atoms with E-state index in [0.717, 1.165) is 104 Å². The molecular formula is C84H121N5O2S4. The second-order valence-corrected chi connectivity index (χ2v) is 35.0. The first-order valence-corrected chi connectivity index (χ1v) is 41.5. The molecule has 2 aliphatic heterocycles. The van der Waals surface area contributed by atoms with Crippen molar-refractivity contribution in [1.82, 2.24) is 24.3 Å². The number of rotatable bonds is 41. The molecule has 7 nitrogen and oxygen atoms in total. The van der Waals surface area contributed by atoms with Gasteiger partial charge >= 0.3 is 0 Å². The number of unbranched alkanes of at least 4 members (excludes halogenated alkanes) is 16. The summed E-state index contributed by atoms with van der Waals surface area (Å²) in [6.07, 6.45) is 39.0. The minimum atomic E-state index is -0.0174. The van der Waals surface area contributed by atoms with Crippen LogP contribution in [0, 0.1) is 23.7 Å². The van der Waals surface area contributed by atoms with E-state index in [0.29, 0.717) is 53.9 Å². The molecule has 95 heavy (non-hydrogen) atoms. The molecule has 7 aromatic rings. The Morgan fingerprint density at radius 2 is 0.895 bits per heavy atom. The van der Waals surface area contributed by atoms with E-state index in [9.17, 15) is 0 Å². The molecule has 0 bridgehead atoms. The third kappa shape index (κ3) is 18.4. The smallest absolute Gasteiger partial charge is 0.261 e. The standard InChI is InChI=1S/C84H121N5O2S4/c1-15-22-27-31-32-35-39-59(38-34-28-23-16-2)56-87-77(69-48-50-72(93-69)80-86-55-74(95-80)84(12,13)14)75-76(81(87)90)78(88(82(75)91)57-60(40-33-26-19-5)51-61(21-7)58(8)20-6)70-47-49-71(92-70)79-85-54-73(94-79)62-43-45-65-66-46-44-63(83(9,10)11)53-68(66)89(67(65)52-62)64(41-36-29-24-17-3)42-37-30-25-18-4/h43-50,52-55,58-61,64H,15-42,51,56-57H2,1-14H3. The largest absolute Gasteiger partial charge is 0.337 e. The molecule has 2 amide bonds. The third-order valence-electron chi connectivity index (χ3n) is 21.3. The molecule has 2 aliphatic rings. The third-order valence-corrected chi connectivity index (χ3v) is 26.3. The predicted molar refractivity (Wildman–Crippen MR) is 416 cm³/mol. The lowest BCUT2D eigenvalue weighted by Crippen LogP contribution is -2.35. The van der Waals surface area contributed by atoms with E-state index in [-0.39, 0.29) is 22.6 Å². The lowest BCUT2D eigenvalue weighted by atomic mass is 9.80. The maximum atomic E-state index is 16.4. The van der Waals surface area contributed by atoms with Gasteiger partial charge < -0.3 is 14.4 Å². The van der Waals surface area contributed by atoms with Crippen LogP contribution >= 0.6 is 45.3 Å². The highest BCUT2D eigenvalue weighted by Crippen LogP contribution is 2.52. The molecular weight excluding hydrogens is 1240 g/mol. The number of hydrogen-bond acceptors (Lipinski definition) is 8. The van der Waals surface area contributed by atoms with Gasteiger partial charge in [0.25, 0.3) is 11.8 Å². The lowest BCUT2D eigenvalue weighted by Gasteiger charge is -2.32. The number of benzene rings is 2. The summed E-state index contributed by atoms with van der Waals surface area (Å²) in [6, 6.07) is 23.7. The van der Waals surface area contributed by atoms with E-state index in [1.54, 1.807) is 45.3 Å². The van der Waals surface area contributed by atoms with Crippen molar-refractivity contribution in [3.8, 4) is 30.2 Å².